The molecule has 0 fully saturated rings. The highest BCUT2D eigenvalue weighted by molar-refractivity contribution is 5.76. The van der Waals surface area contributed by atoms with Crippen LogP contribution in [0.3, 0.4) is 0 Å². The summed E-state index contributed by atoms with van der Waals surface area (Å²) < 4.78 is 11.1. The fraction of sp³-hybridized carbons (Fsp3) is 0.350. The molecule has 0 radical (unpaired) electrons. The molecule has 0 amide bonds. The van der Waals surface area contributed by atoms with E-state index in [-0.39, 0.29) is 0 Å². The second-order valence-corrected chi connectivity index (χ2v) is 6.22. The van der Waals surface area contributed by atoms with Gasteiger partial charge in [0.05, 0.1) is 0 Å². The zero-order valence-corrected chi connectivity index (χ0v) is 14.7. The van der Waals surface area contributed by atoms with E-state index in [1.165, 1.54) is 13.8 Å². The van der Waals surface area contributed by atoms with Crippen molar-refractivity contribution in [1.82, 2.24) is 5.32 Å². The van der Waals surface area contributed by atoms with E-state index in [0.717, 1.165) is 30.8 Å². The first-order valence-electron chi connectivity index (χ1n) is 8.37. The second kappa shape index (κ2) is 9.08. The van der Waals surface area contributed by atoms with Crippen LogP contribution < -0.4 is 14.8 Å². The van der Waals surface area contributed by atoms with Gasteiger partial charge in [-0.2, -0.15) is 0 Å². The van der Waals surface area contributed by atoms with Crippen molar-refractivity contribution in [3.05, 3.63) is 60.2 Å². The lowest BCUT2D eigenvalue weighted by Crippen LogP contribution is -2.37. The van der Waals surface area contributed by atoms with E-state index in [2.05, 4.69) is 5.32 Å². The minimum absolute atomic E-state index is 0.556. The smallest absolute Gasteiger partial charge is 0.347 e. The number of aliphatic carboxylic acids is 1. The van der Waals surface area contributed by atoms with Gasteiger partial charge in [0.15, 0.2) is 5.60 Å². The Balaban J connectivity index is 1.65. The topological polar surface area (TPSA) is 67.8 Å². The molecule has 2 N–H and O–H groups in total. The molecule has 0 spiro atoms. The molecule has 25 heavy (non-hydrogen) atoms. The maximum atomic E-state index is 11.1. The Bertz CT molecular complexity index is 653. The summed E-state index contributed by atoms with van der Waals surface area (Å²) in [6.45, 7) is 5.32. The van der Waals surface area contributed by atoms with Gasteiger partial charge in [0.25, 0.3) is 0 Å². The van der Waals surface area contributed by atoms with Crippen LogP contribution in [-0.2, 0) is 11.2 Å². The number of para-hydroxylation sites is 1. The van der Waals surface area contributed by atoms with Crippen LogP contribution in [0.15, 0.2) is 54.6 Å². The first-order chi connectivity index (χ1) is 12.0. The van der Waals surface area contributed by atoms with E-state index in [0.29, 0.717) is 12.4 Å². The van der Waals surface area contributed by atoms with Gasteiger partial charge >= 0.3 is 5.97 Å². The van der Waals surface area contributed by atoms with Crippen LogP contribution in [0.1, 0.15) is 19.4 Å². The number of ether oxygens (including phenoxy) is 2. The van der Waals surface area contributed by atoms with Crippen LogP contribution in [0.4, 0.5) is 0 Å². The number of carboxylic acids is 1. The van der Waals surface area contributed by atoms with Gasteiger partial charge in [-0.05, 0) is 56.6 Å². The number of rotatable bonds is 10. The van der Waals surface area contributed by atoms with Gasteiger partial charge in [0.1, 0.15) is 18.1 Å². The Morgan fingerprint density at radius 1 is 1.00 bits per heavy atom. The summed E-state index contributed by atoms with van der Waals surface area (Å²) in [7, 11) is 0. The molecule has 0 bridgehead atoms. The van der Waals surface area contributed by atoms with Gasteiger partial charge in [-0.15, -0.1) is 0 Å². The summed E-state index contributed by atoms with van der Waals surface area (Å²) in [5, 5.41) is 12.4. The Hall–Kier alpha value is -2.53. The molecule has 0 aromatic heterocycles. The molecule has 0 saturated carbocycles. The molecular formula is C20H25NO4. The van der Waals surface area contributed by atoms with Gasteiger partial charge in [-0.25, -0.2) is 4.79 Å². The van der Waals surface area contributed by atoms with Crippen LogP contribution in [0, 0.1) is 0 Å². The van der Waals surface area contributed by atoms with E-state index in [1.807, 2.05) is 42.5 Å². The number of hydrogen-bond acceptors (Lipinski definition) is 4. The SMILES string of the molecule is CC(C)(Oc1ccc(CCNCCOc2ccccc2)cc1)C(=O)O. The zero-order chi connectivity index (χ0) is 18.1. The van der Waals surface area contributed by atoms with Crippen LogP contribution in [-0.4, -0.2) is 36.4 Å². The third-order valence-corrected chi connectivity index (χ3v) is 3.69. The average molecular weight is 343 g/mol. The van der Waals surface area contributed by atoms with Crippen molar-refractivity contribution >= 4 is 5.97 Å². The van der Waals surface area contributed by atoms with Gasteiger partial charge in [-0.1, -0.05) is 30.3 Å². The van der Waals surface area contributed by atoms with Gasteiger partial charge in [0.2, 0.25) is 0 Å². The van der Waals surface area contributed by atoms with Crippen molar-refractivity contribution in [1.29, 1.82) is 0 Å². The third kappa shape index (κ3) is 6.47. The molecule has 0 aliphatic rings. The summed E-state index contributed by atoms with van der Waals surface area (Å²) in [6.07, 6.45) is 0.883. The van der Waals surface area contributed by atoms with Gasteiger partial charge in [0, 0.05) is 6.54 Å². The molecule has 2 rings (SSSR count). The molecule has 0 aliphatic heterocycles. The van der Waals surface area contributed by atoms with Crippen LogP contribution >= 0.6 is 0 Å². The number of benzene rings is 2. The number of hydrogen-bond donors (Lipinski definition) is 2. The molecule has 0 unspecified atom stereocenters. The normalized spacial score (nSPS) is 11.1. The largest absolute Gasteiger partial charge is 0.492 e. The van der Waals surface area contributed by atoms with E-state index in [1.54, 1.807) is 12.1 Å². The first-order valence-corrected chi connectivity index (χ1v) is 8.37. The maximum absolute atomic E-state index is 11.1. The number of nitrogens with one attached hydrogen (secondary N) is 1. The predicted octanol–water partition coefficient (Wildman–Crippen LogP) is 3.14. The minimum atomic E-state index is -1.23. The molecule has 5 nitrogen and oxygen atoms in total. The van der Waals surface area contributed by atoms with Crippen molar-refractivity contribution in [3.63, 3.8) is 0 Å². The highest BCUT2D eigenvalue weighted by atomic mass is 16.5. The Morgan fingerprint density at radius 2 is 1.68 bits per heavy atom. The lowest BCUT2D eigenvalue weighted by Gasteiger charge is -2.21. The molecule has 0 aliphatic carbocycles. The third-order valence-electron chi connectivity index (χ3n) is 3.69. The van der Waals surface area contributed by atoms with Crippen molar-refractivity contribution in [2.24, 2.45) is 0 Å². The van der Waals surface area contributed by atoms with E-state index >= 15 is 0 Å². The average Bonchev–Trinajstić information content (AvgIpc) is 2.60. The summed E-state index contributed by atoms with van der Waals surface area (Å²) in [5.41, 5.74) is -0.0704. The lowest BCUT2D eigenvalue weighted by atomic mass is 10.1. The molecular weight excluding hydrogens is 318 g/mol. The summed E-state index contributed by atoms with van der Waals surface area (Å²) in [6, 6.07) is 17.3. The number of carbonyl (C=O) groups is 1. The fourth-order valence-electron chi connectivity index (χ4n) is 2.18. The van der Waals surface area contributed by atoms with E-state index in [9.17, 15) is 4.79 Å². The Kier molecular flexibility index (Phi) is 6.83. The molecule has 2 aromatic rings. The zero-order valence-electron chi connectivity index (χ0n) is 14.7. The monoisotopic (exact) mass is 343 g/mol. The van der Waals surface area contributed by atoms with Gasteiger partial charge in [-0.3, -0.25) is 0 Å². The predicted molar refractivity (Wildman–Crippen MR) is 97.3 cm³/mol. The quantitative estimate of drug-likeness (QED) is 0.649. The van der Waals surface area contributed by atoms with Crippen LogP contribution in [0.5, 0.6) is 11.5 Å². The Labute approximate surface area is 148 Å². The fourth-order valence-corrected chi connectivity index (χ4v) is 2.18. The molecule has 0 atom stereocenters. The summed E-state index contributed by atoms with van der Waals surface area (Å²) in [4.78, 5) is 11.1. The lowest BCUT2D eigenvalue weighted by molar-refractivity contribution is -0.152. The van der Waals surface area contributed by atoms with Crippen molar-refractivity contribution < 1.29 is 19.4 Å². The van der Waals surface area contributed by atoms with Crippen LogP contribution in [0.25, 0.3) is 0 Å². The van der Waals surface area contributed by atoms with Crippen molar-refractivity contribution in [2.45, 2.75) is 25.9 Å². The minimum Gasteiger partial charge on any atom is -0.492 e. The van der Waals surface area contributed by atoms with Crippen molar-refractivity contribution in [3.8, 4) is 11.5 Å². The highest BCUT2D eigenvalue weighted by Gasteiger charge is 2.29. The summed E-state index contributed by atoms with van der Waals surface area (Å²) >= 11 is 0. The first kappa shape index (κ1) is 18.8. The van der Waals surface area contributed by atoms with Crippen LogP contribution in [0.2, 0.25) is 0 Å². The molecule has 0 heterocycles. The highest BCUT2D eigenvalue weighted by Crippen LogP contribution is 2.19. The standard InChI is InChI=1S/C20H25NO4/c1-20(2,19(22)23)25-18-10-8-16(9-11-18)12-13-21-14-15-24-17-6-4-3-5-7-17/h3-11,21H,12-15H2,1-2H3,(H,22,23). The van der Waals surface area contributed by atoms with Gasteiger partial charge < -0.3 is 19.9 Å². The second-order valence-electron chi connectivity index (χ2n) is 6.22. The molecule has 2 aromatic carbocycles. The molecule has 134 valence electrons. The molecule has 0 saturated heterocycles. The van der Waals surface area contributed by atoms with E-state index in [4.69, 9.17) is 14.6 Å². The van der Waals surface area contributed by atoms with E-state index < -0.39 is 11.6 Å². The summed E-state index contributed by atoms with van der Waals surface area (Å²) in [5.74, 6) is 0.447. The maximum Gasteiger partial charge on any atom is 0.347 e. The number of carboxylic acid groups (broad SMARTS) is 1. The molecule has 5 heteroatoms. The Morgan fingerprint density at radius 3 is 2.32 bits per heavy atom. The van der Waals surface area contributed by atoms with Crippen molar-refractivity contribution in [2.75, 3.05) is 19.7 Å².